The summed E-state index contributed by atoms with van der Waals surface area (Å²) in [5.74, 6) is 0. The number of rotatable bonds is 5. The van der Waals surface area contributed by atoms with Crippen LogP contribution in [0, 0.1) is 0 Å². The monoisotopic (exact) mass is 523 g/mol. The van der Waals surface area contributed by atoms with Crippen LogP contribution in [0.1, 0.15) is 5.56 Å². The molecule has 29 heavy (non-hydrogen) atoms. The Hall–Kier alpha value is -0.390. The third kappa shape index (κ3) is 5.86. The molecule has 0 bridgehead atoms. The Bertz CT molecular complexity index is 889. The number of thioether (sulfide) groups is 1. The first kappa shape index (κ1) is 23.3. The van der Waals surface area contributed by atoms with E-state index in [1.54, 1.807) is 11.8 Å². The highest BCUT2D eigenvalue weighted by Crippen LogP contribution is 2.62. The molecule has 0 aliphatic rings. The molecule has 0 aliphatic carbocycles. The molecule has 0 saturated heterocycles. The highest BCUT2D eigenvalue weighted by atomic mass is 36.0. The standard InChI is InChI=1S/C21H18Cl5NS2/c1-28-19-11-7-17(8-12-19)27(16-5-3-15(4-6-16)21(22,23)24)18-9-13-20(14-10-18)29(2,25)26/h3-14H,1-2H3. The largest absolute Gasteiger partial charge is 0.311 e. The molecule has 3 aromatic carbocycles. The lowest BCUT2D eigenvalue weighted by molar-refractivity contribution is 1.21. The second kappa shape index (κ2) is 9.40. The molecule has 0 heterocycles. The second-order valence-corrected chi connectivity index (χ2v) is 15.6. The van der Waals surface area contributed by atoms with Crippen LogP contribution in [0.15, 0.2) is 82.6 Å². The molecular weight excluding hydrogens is 508 g/mol. The molecule has 1 nitrogen and oxygen atoms in total. The van der Waals surface area contributed by atoms with E-state index in [2.05, 4.69) is 35.4 Å². The molecule has 0 N–H and O–H groups in total. The van der Waals surface area contributed by atoms with Gasteiger partial charge in [-0.25, -0.2) is 0 Å². The second-order valence-electron chi connectivity index (χ2n) is 6.30. The average molecular weight is 526 g/mol. The number of alkyl halides is 3. The lowest BCUT2D eigenvalue weighted by atomic mass is 10.1. The molecule has 0 saturated carbocycles. The quantitative estimate of drug-likeness (QED) is 0.241. The topological polar surface area (TPSA) is 3.24 Å². The number of anilines is 3. The Labute approximate surface area is 201 Å². The maximum absolute atomic E-state index is 6.31. The summed E-state index contributed by atoms with van der Waals surface area (Å²) in [6.07, 6.45) is 3.89. The molecule has 8 heteroatoms. The fraction of sp³-hybridized carbons (Fsp3) is 0.143. The van der Waals surface area contributed by atoms with Gasteiger partial charge >= 0.3 is 0 Å². The molecule has 0 atom stereocenters. The van der Waals surface area contributed by atoms with Crippen LogP contribution >= 0.6 is 76.4 Å². The maximum atomic E-state index is 6.31. The van der Waals surface area contributed by atoms with E-state index in [0.717, 1.165) is 22.0 Å². The third-order valence-corrected chi connectivity index (χ3v) is 7.86. The highest BCUT2D eigenvalue weighted by Gasteiger charge is 2.23. The van der Waals surface area contributed by atoms with Crippen LogP contribution in [-0.4, -0.2) is 12.5 Å². The van der Waals surface area contributed by atoms with Crippen molar-refractivity contribution in [3.8, 4) is 0 Å². The summed E-state index contributed by atoms with van der Waals surface area (Å²) < 4.78 is -1.46. The Balaban J connectivity index is 2.06. The van der Waals surface area contributed by atoms with E-state index in [-0.39, 0.29) is 0 Å². The zero-order chi connectivity index (χ0) is 21.2. The van der Waals surface area contributed by atoms with Gasteiger partial charge in [-0.2, -0.15) is 0 Å². The van der Waals surface area contributed by atoms with Crippen molar-refractivity contribution in [1.82, 2.24) is 0 Å². The summed E-state index contributed by atoms with van der Waals surface area (Å²) in [7, 11) is 10.8. The van der Waals surface area contributed by atoms with Crippen LogP contribution < -0.4 is 4.90 Å². The normalized spacial score (nSPS) is 12.7. The molecule has 3 aromatic rings. The fourth-order valence-corrected chi connectivity index (χ4v) is 4.83. The maximum Gasteiger partial charge on any atom is 0.216 e. The Morgan fingerprint density at radius 3 is 1.52 bits per heavy atom. The van der Waals surface area contributed by atoms with Crippen molar-refractivity contribution in [1.29, 1.82) is 0 Å². The van der Waals surface area contributed by atoms with Gasteiger partial charge in [-0.15, -0.1) is 11.8 Å². The highest BCUT2D eigenvalue weighted by molar-refractivity contribution is 8.65. The van der Waals surface area contributed by atoms with Crippen molar-refractivity contribution in [2.45, 2.75) is 13.6 Å². The molecule has 0 radical (unpaired) electrons. The average Bonchev–Trinajstić information content (AvgIpc) is 2.68. The van der Waals surface area contributed by atoms with Crippen molar-refractivity contribution in [3.05, 3.63) is 78.4 Å². The van der Waals surface area contributed by atoms with Gasteiger partial charge in [-0.3, -0.25) is 0 Å². The van der Waals surface area contributed by atoms with Crippen molar-refractivity contribution in [2.75, 3.05) is 17.4 Å². The van der Waals surface area contributed by atoms with Gasteiger partial charge in [-0.1, -0.05) is 55.4 Å². The van der Waals surface area contributed by atoms with E-state index >= 15 is 0 Å². The first-order valence-electron chi connectivity index (χ1n) is 8.49. The van der Waals surface area contributed by atoms with Crippen LogP contribution in [0.2, 0.25) is 0 Å². The van der Waals surface area contributed by atoms with Gasteiger partial charge in [0.2, 0.25) is 3.79 Å². The first-order valence-corrected chi connectivity index (χ1v) is 14.5. The van der Waals surface area contributed by atoms with Crippen molar-refractivity contribution < 1.29 is 0 Å². The van der Waals surface area contributed by atoms with Crippen LogP contribution in [-0.2, 0) is 3.79 Å². The minimum Gasteiger partial charge on any atom is -0.311 e. The number of benzene rings is 3. The summed E-state index contributed by atoms with van der Waals surface area (Å²) in [6.45, 7) is 0. The van der Waals surface area contributed by atoms with E-state index in [0.29, 0.717) is 5.56 Å². The van der Waals surface area contributed by atoms with Gasteiger partial charge in [0.25, 0.3) is 0 Å². The van der Waals surface area contributed by atoms with Crippen LogP contribution in [0.3, 0.4) is 0 Å². The summed E-state index contributed by atoms with van der Waals surface area (Å²) >= 11 is 19.7. The predicted molar refractivity (Wildman–Crippen MR) is 136 cm³/mol. The van der Waals surface area contributed by atoms with Crippen molar-refractivity contribution >= 4 is 93.4 Å². The number of nitrogens with zero attached hydrogens (tertiary/aromatic N) is 1. The van der Waals surface area contributed by atoms with Crippen molar-refractivity contribution in [3.63, 3.8) is 0 Å². The van der Waals surface area contributed by atoms with E-state index in [4.69, 9.17) is 56.2 Å². The fourth-order valence-electron chi connectivity index (χ4n) is 2.81. The van der Waals surface area contributed by atoms with E-state index in [1.165, 1.54) is 4.90 Å². The van der Waals surface area contributed by atoms with Gasteiger partial charge in [0.15, 0.2) is 0 Å². The van der Waals surface area contributed by atoms with E-state index < -0.39 is 12.2 Å². The third-order valence-electron chi connectivity index (χ3n) is 4.29. The smallest absolute Gasteiger partial charge is 0.216 e. The molecule has 0 amide bonds. The van der Waals surface area contributed by atoms with Crippen molar-refractivity contribution in [2.24, 2.45) is 0 Å². The van der Waals surface area contributed by atoms with E-state index in [1.807, 2.05) is 54.8 Å². The summed E-state index contributed by atoms with van der Waals surface area (Å²) in [6, 6.07) is 23.8. The molecule has 154 valence electrons. The molecule has 0 fully saturated rings. The molecule has 3 rings (SSSR count). The first-order chi connectivity index (χ1) is 13.6. The van der Waals surface area contributed by atoms with Gasteiger partial charge in [0, 0.05) is 32.4 Å². The zero-order valence-electron chi connectivity index (χ0n) is 15.6. The number of halogens is 5. The lowest BCUT2D eigenvalue weighted by Crippen LogP contribution is -2.10. The number of hydrogen-bond acceptors (Lipinski definition) is 2. The lowest BCUT2D eigenvalue weighted by Gasteiger charge is -2.27. The number of hydrogen-bond donors (Lipinski definition) is 0. The van der Waals surface area contributed by atoms with Crippen LogP contribution in [0.4, 0.5) is 17.1 Å². The van der Waals surface area contributed by atoms with Gasteiger partial charge in [0.05, 0.1) is 0 Å². The molecule has 0 aromatic heterocycles. The SMILES string of the molecule is CSc1ccc(N(c2ccc(C(Cl)(Cl)Cl)cc2)c2ccc(S(C)(Cl)Cl)cc2)cc1. The van der Waals surface area contributed by atoms with E-state index in [9.17, 15) is 0 Å². The van der Waals surface area contributed by atoms with Gasteiger partial charge in [-0.05, 0) is 94.5 Å². The minimum absolute atomic E-state index is 0.614. The summed E-state index contributed by atoms with van der Waals surface area (Å²) in [5.41, 5.74) is 3.55. The Morgan fingerprint density at radius 2 is 1.14 bits per heavy atom. The molecule has 0 spiro atoms. The Kier molecular flexibility index (Phi) is 7.54. The Morgan fingerprint density at radius 1 is 0.724 bits per heavy atom. The summed E-state index contributed by atoms with van der Waals surface area (Å²) in [5, 5.41) is 0. The predicted octanol–water partition coefficient (Wildman–Crippen LogP) is 9.81. The molecular formula is C21H18Cl5NS2. The van der Waals surface area contributed by atoms with Crippen LogP contribution in [0.5, 0.6) is 0 Å². The summed E-state index contributed by atoms with van der Waals surface area (Å²) in [4.78, 5) is 4.23. The molecule has 0 unspecified atom stereocenters. The minimum atomic E-state index is -1.83. The van der Waals surface area contributed by atoms with Gasteiger partial charge < -0.3 is 4.90 Å². The van der Waals surface area contributed by atoms with Gasteiger partial charge in [0.1, 0.15) is 0 Å². The molecule has 0 aliphatic heterocycles. The van der Waals surface area contributed by atoms with Crippen LogP contribution in [0.25, 0.3) is 0 Å². The zero-order valence-corrected chi connectivity index (χ0v) is 21.0.